The van der Waals surface area contributed by atoms with Gasteiger partial charge in [-0.2, -0.15) is 0 Å². The molecule has 0 aromatic heterocycles. The van der Waals surface area contributed by atoms with Gasteiger partial charge in [0.05, 0.1) is 6.42 Å². The van der Waals surface area contributed by atoms with Crippen LogP contribution in [0.2, 0.25) is 5.02 Å². The maximum atomic E-state index is 14.1. The first-order valence-corrected chi connectivity index (χ1v) is 9.81. The van der Waals surface area contributed by atoms with Gasteiger partial charge in [-0.3, -0.25) is 9.59 Å². The van der Waals surface area contributed by atoms with Crippen LogP contribution in [0.1, 0.15) is 31.9 Å². The molecule has 2 aromatic rings. The van der Waals surface area contributed by atoms with Crippen LogP contribution in [0.5, 0.6) is 0 Å². The SMILES string of the molecule is CC(C)CNC(=O)[C@H](C)N(Cc1ccc(F)cc1)C(=O)Cc1c(F)cccc1Cl. The third kappa shape index (κ3) is 6.53. The average molecular weight is 423 g/mol. The Morgan fingerprint density at radius 1 is 1.07 bits per heavy atom. The Kier molecular flexibility index (Phi) is 8.14. The zero-order valence-corrected chi connectivity index (χ0v) is 17.5. The minimum absolute atomic E-state index is 0.0815. The molecule has 0 bridgehead atoms. The van der Waals surface area contributed by atoms with Gasteiger partial charge in [0.15, 0.2) is 0 Å². The van der Waals surface area contributed by atoms with Gasteiger partial charge in [0.25, 0.3) is 0 Å². The molecule has 0 fully saturated rings. The Morgan fingerprint density at radius 3 is 2.31 bits per heavy atom. The molecule has 29 heavy (non-hydrogen) atoms. The van der Waals surface area contributed by atoms with Crippen LogP contribution in [-0.2, 0) is 22.6 Å². The van der Waals surface area contributed by atoms with Crippen molar-refractivity contribution in [2.45, 2.75) is 39.8 Å². The van der Waals surface area contributed by atoms with Crippen molar-refractivity contribution in [2.24, 2.45) is 5.92 Å². The molecule has 2 aromatic carbocycles. The standard InChI is InChI=1S/C22H25ClF2N2O2/c1-14(2)12-26-22(29)15(3)27(13-16-7-9-17(24)10-8-16)21(28)11-18-19(23)5-4-6-20(18)25/h4-10,14-15H,11-13H2,1-3H3,(H,26,29)/t15-/m0/s1. The molecule has 0 radical (unpaired) electrons. The summed E-state index contributed by atoms with van der Waals surface area (Å²) in [6.07, 6.45) is -0.283. The highest BCUT2D eigenvalue weighted by molar-refractivity contribution is 6.31. The Labute approximate surface area is 174 Å². The second-order valence-electron chi connectivity index (χ2n) is 7.34. The summed E-state index contributed by atoms with van der Waals surface area (Å²) in [7, 11) is 0. The van der Waals surface area contributed by atoms with Gasteiger partial charge in [0.1, 0.15) is 17.7 Å². The van der Waals surface area contributed by atoms with Gasteiger partial charge in [-0.15, -0.1) is 0 Å². The Bertz CT molecular complexity index is 836. The molecule has 7 heteroatoms. The predicted molar refractivity (Wildman–Crippen MR) is 109 cm³/mol. The highest BCUT2D eigenvalue weighted by atomic mass is 35.5. The number of rotatable bonds is 8. The smallest absolute Gasteiger partial charge is 0.242 e. The molecule has 0 unspecified atom stereocenters. The first-order chi connectivity index (χ1) is 13.7. The Balaban J connectivity index is 2.26. The summed E-state index contributed by atoms with van der Waals surface area (Å²) >= 11 is 6.05. The van der Waals surface area contributed by atoms with Crippen molar-refractivity contribution < 1.29 is 18.4 Å². The van der Waals surface area contributed by atoms with E-state index in [1.165, 1.54) is 35.2 Å². The molecule has 4 nitrogen and oxygen atoms in total. The van der Waals surface area contributed by atoms with Gasteiger partial charge in [-0.1, -0.05) is 43.6 Å². The normalized spacial score (nSPS) is 12.0. The van der Waals surface area contributed by atoms with E-state index in [0.29, 0.717) is 12.1 Å². The summed E-state index contributed by atoms with van der Waals surface area (Å²) in [4.78, 5) is 26.9. The molecular weight excluding hydrogens is 398 g/mol. The number of nitrogens with one attached hydrogen (secondary N) is 1. The Hall–Kier alpha value is -2.47. The van der Waals surface area contributed by atoms with E-state index in [0.717, 1.165) is 0 Å². The van der Waals surface area contributed by atoms with Crippen LogP contribution in [0.4, 0.5) is 8.78 Å². The van der Waals surface area contributed by atoms with Gasteiger partial charge in [0.2, 0.25) is 11.8 Å². The lowest BCUT2D eigenvalue weighted by Crippen LogP contribution is -2.48. The molecule has 0 aliphatic carbocycles. The van der Waals surface area contributed by atoms with E-state index in [2.05, 4.69) is 5.32 Å². The van der Waals surface area contributed by atoms with Crippen molar-refractivity contribution in [3.63, 3.8) is 0 Å². The van der Waals surface area contributed by atoms with E-state index in [9.17, 15) is 18.4 Å². The van der Waals surface area contributed by atoms with Gasteiger partial charge in [-0.25, -0.2) is 8.78 Å². The highest BCUT2D eigenvalue weighted by Gasteiger charge is 2.27. The third-order valence-corrected chi connectivity index (χ3v) is 4.86. The van der Waals surface area contributed by atoms with Crippen molar-refractivity contribution in [3.8, 4) is 0 Å². The van der Waals surface area contributed by atoms with Crippen molar-refractivity contribution in [1.82, 2.24) is 10.2 Å². The molecule has 0 aliphatic heterocycles. The van der Waals surface area contributed by atoms with Crippen molar-refractivity contribution >= 4 is 23.4 Å². The summed E-state index contributed by atoms with van der Waals surface area (Å²) < 4.78 is 27.4. The van der Waals surface area contributed by atoms with E-state index < -0.39 is 23.6 Å². The predicted octanol–water partition coefficient (Wildman–Crippen LogP) is 4.35. The third-order valence-electron chi connectivity index (χ3n) is 4.51. The summed E-state index contributed by atoms with van der Waals surface area (Å²) in [6, 6.07) is 9.08. The molecule has 0 saturated heterocycles. The molecule has 0 spiro atoms. The lowest BCUT2D eigenvalue weighted by molar-refractivity contribution is -0.140. The maximum Gasteiger partial charge on any atom is 0.242 e. The van der Waals surface area contributed by atoms with E-state index in [-0.39, 0.29) is 35.4 Å². The number of carbonyl (C=O) groups excluding carboxylic acids is 2. The Morgan fingerprint density at radius 2 is 1.72 bits per heavy atom. The first-order valence-electron chi connectivity index (χ1n) is 9.43. The molecule has 0 aliphatic rings. The minimum atomic E-state index is -0.795. The fraction of sp³-hybridized carbons (Fsp3) is 0.364. The fourth-order valence-electron chi connectivity index (χ4n) is 2.78. The van der Waals surface area contributed by atoms with Crippen molar-refractivity contribution in [3.05, 3.63) is 70.2 Å². The zero-order valence-electron chi connectivity index (χ0n) is 16.7. The number of carbonyl (C=O) groups is 2. The molecule has 156 valence electrons. The van der Waals surface area contributed by atoms with Crippen LogP contribution in [0.15, 0.2) is 42.5 Å². The second-order valence-corrected chi connectivity index (χ2v) is 7.75. The molecule has 2 rings (SSSR count). The average Bonchev–Trinajstić information content (AvgIpc) is 2.67. The summed E-state index contributed by atoms with van der Waals surface area (Å²) in [5, 5.41) is 2.96. The lowest BCUT2D eigenvalue weighted by atomic mass is 10.1. The van der Waals surface area contributed by atoms with Crippen LogP contribution >= 0.6 is 11.6 Å². The minimum Gasteiger partial charge on any atom is -0.354 e. The van der Waals surface area contributed by atoms with E-state index in [4.69, 9.17) is 11.6 Å². The van der Waals surface area contributed by atoms with E-state index in [1.54, 1.807) is 19.1 Å². The summed E-state index contributed by atoms with van der Waals surface area (Å²) in [5.74, 6) is -1.48. The summed E-state index contributed by atoms with van der Waals surface area (Å²) in [6.45, 7) is 6.10. The monoisotopic (exact) mass is 422 g/mol. The van der Waals surface area contributed by atoms with Crippen LogP contribution < -0.4 is 5.32 Å². The molecule has 0 heterocycles. The quantitative estimate of drug-likeness (QED) is 0.687. The molecule has 2 amide bonds. The van der Waals surface area contributed by atoms with Gasteiger partial charge in [0, 0.05) is 23.7 Å². The van der Waals surface area contributed by atoms with Gasteiger partial charge >= 0.3 is 0 Å². The highest BCUT2D eigenvalue weighted by Crippen LogP contribution is 2.21. The fourth-order valence-corrected chi connectivity index (χ4v) is 3.01. The lowest BCUT2D eigenvalue weighted by Gasteiger charge is -2.29. The number of nitrogens with zero attached hydrogens (tertiary/aromatic N) is 1. The number of hydrogen-bond donors (Lipinski definition) is 1. The molecular formula is C22H25ClF2N2O2. The van der Waals surface area contributed by atoms with Crippen molar-refractivity contribution in [2.75, 3.05) is 6.54 Å². The molecule has 1 N–H and O–H groups in total. The van der Waals surface area contributed by atoms with Crippen LogP contribution in [0.3, 0.4) is 0 Å². The topological polar surface area (TPSA) is 49.4 Å². The number of halogens is 3. The van der Waals surface area contributed by atoms with Crippen LogP contribution in [0.25, 0.3) is 0 Å². The zero-order chi connectivity index (χ0) is 21.6. The van der Waals surface area contributed by atoms with E-state index in [1.807, 2.05) is 13.8 Å². The first kappa shape index (κ1) is 22.8. The van der Waals surface area contributed by atoms with Gasteiger partial charge < -0.3 is 10.2 Å². The number of hydrogen-bond acceptors (Lipinski definition) is 2. The largest absolute Gasteiger partial charge is 0.354 e. The van der Waals surface area contributed by atoms with E-state index >= 15 is 0 Å². The molecule has 0 saturated carbocycles. The van der Waals surface area contributed by atoms with Crippen molar-refractivity contribution in [1.29, 1.82) is 0 Å². The second kappa shape index (κ2) is 10.3. The van der Waals surface area contributed by atoms with Crippen LogP contribution in [0, 0.1) is 17.6 Å². The molecule has 1 atom stereocenters. The maximum absolute atomic E-state index is 14.1. The number of amides is 2. The number of benzene rings is 2. The summed E-state index contributed by atoms with van der Waals surface area (Å²) in [5.41, 5.74) is 0.737. The van der Waals surface area contributed by atoms with Crippen LogP contribution in [-0.4, -0.2) is 29.3 Å². The van der Waals surface area contributed by atoms with Gasteiger partial charge in [-0.05, 0) is 42.7 Å².